The molecule has 174 valence electrons. The van der Waals surface area contributed by atoms with Crippen LogP contribution in [0.2, 0.25) is 0 Å². The molecule has 0 saturated carbocycles. The number of aliphatic imine (C=N–C) groups is 2. The standard InChI is InChI=1S/C20H24N2O8S2.2Na/c23-19-7-5-17(31(25,26)27)11-15(19)13-21-9-3-1-2-4-10-22-14-16-12-18(32(28,29)30)6-8-20(16)24;;/h5-8,11-14,23-24H,1-4,9-10H2,(H,25,26,27)(H,28,29,30);;/q;2*+1/p-2. The molecule has 0 atom stereocenters. The van der Waals surface area contributed by atoms with Gasteiger partial charge in [-0.05, 0) is 48.2 Å². The summed E-state index contributed by atoms with van der Waals surface area (Å²) in [6.45, 7) is 0.863. The van der Waals surface area contributed by atoms with Crippen molar-refractivity contribution in [1.82, 2.24) is 0 Å². The normalized spacial score (nSPS) is 11.9. The van der Waals surface area contributed by atoms with Crippen LogP contribution in [0, 0.1) is 0 Å². The second-order valence-corrected chi connectivity index (χ2v) is 9.68. The predicted octanol–water partition coefficient (Wildman–Crippen LogP) is -4.57. The zero-order valence-electron chi connectivity index (χ0n) is 18.9. The fraction of sp³-hybridized carbons (Fsp3) is 0.300. The number of benzene rings is 2. The van der Waals surface area contributed by atoms with Gasteiger partial charge in [0.05, 0.1) is 9.79 Å². The van der Waals surface area contributed by atoms with Crippen LogP contribution in [0.15, 0.2) is 56.2 Å². The van der Waals surface area contributed by atoms with Crippen molar-refractivity contribution in [2.45, 2.75) is 35.5 Å². The molecule has 2 rings (SSSR count). The SMILES string of the molecule is O=S(=O)(O)c1ccc([O-])c(C=NCCCCCCN=Cc2cc(S(=O)(=O)O)ccc2[O-])c1.[Na+].[Na+]. The first kappa shape index (κ1) is 33.2. The van der Waals surface area contributed by atoms with E-state index in [1.54, 1.807) is 0 Å². The molecule has 0 aliphatic heterocycles. The van der Waals surface area contributed by atoms with Crippen molar-refractivity contribution in [3.05, 3.63) is 47.5 Å². The molecule has 0 unspecified atom stereocenters. The van der Waals surface area contributed by atoms with Crippen LogP contribution < -0.4 is 69.3 Å². The molecule has 2 aromatic rings. The topological polar surface area (TPSA) is 180 Å². The van der Waals surface area contributed by atoms with Crippen molar-refractivity contribution in [2.75, 3.05) is 13.1 Å². The molecule has 0 radical (unpaired) electrons. The van der Waals surface area contributed by atoms with Gasteiger partial charge in [-0.15, -0.1) is 0 Å². The van der Waals surface area contributed by atoms with E-state index in [4.69, 9.17) is 9.11 Å². The minimum Gasteiger partial charge on any atom is -0.872 e. The van der Waals surface area contributed by atoms with E-state index in [0.29, 0.717) is 13.1 Å². The van der Waals surface area contributed by atoms with Crippen LogP contribution in [0.1, 0.15) is 36.8 Å². The van der Waals surface area contributed by atoms with Crippen LogP contribution in [0.5, 0.6) is 11.5 Å². The van der Waals surface area contributed by atoms with Crippen LogP contribution in [0.3, 0.4) is 0 Å². The maximum absolute atomic E-state index is 11.7. The summed E-state index contributed by atoms with van der Waals surface area (Å²) in [5, 5.41) is 23.4. The monoisotopic (exact) mass is 528 g/mol. The Kier molecular flexibility index (Phi) is 15.0. The Morgan fingerprint density at radius 2 is 1.03 bits per heavy atom. The molecule has 0 heterocycles. The van der Waals surface area contributed by atoms with Crippen molar-refractivity contribution in [2.24, 2.45) is 9.98 Å². The molecular formula is C20H22N2Na2O8S2. The van der Waals surface area contributed by atoms with E-state index in [0.717, 1.165) is 62.1 Å². The van der Waals surface area contributed by atoms with Gasteiger partial charge in [-0.3, -0.25) is 19.1 Å². The van der Waals surface area contributed by atoms with Crippen LogP contribution >= 0.6 is 0 Å². The quantitative estimate of drug-likeness (QED) is 0.127. The summed E-state index contributed by atoms with van der Waals surface area (Å²) in [4.78, 5) is 7.47. The number of hydrogen-bond donors (Lipinski definition) is 2. The summed E-state index contributed by atoms with van der Waals surface area (Å²) >= 11 is 0. The van der Waals surface area contributed by atoms with Crippen LogP contribution in [-0.2, 0) is 20.2 Å². The third-order valence-corrected chi connectivity index (χ3v) is 6.04. The van der Waals surface area contributed by atoms with E-state index < -0.39 is 31.7 Å². The summed E-state index contributed by atoms with van der Waals surface area (Å²) in [7, 11) is -8.78. The molecule has 0 bridgehead atoms. The van der Waals surface area contributed by atoms with Crippen LogP contribution in [0.25, 0.3) is 0 Å². The Labute approximate surface area is 243 Å². The average molecular weight is 529 g/mol. The largest absolute Gasteiger partial charge is 1.00 e. The van der Waals surface area contributed by atoms with Gasteiger partial charge in [0.25, 0.3) is 20.2 Å². The molecule has 34 heavy (non-hydrogen) atoms. The van der Waals surface area contributed by atoms with Crippen LogP contribution in [-0.4, -0.2) is 51.5 Å². The number of nitrogens with zero attached hydrogens (tertiary/aromatic N) is 2. The molecule has 0 fully saturated rings. The molecule has 0 amide bonds. The number of hydrogen-bond acceptors (Lipinski definition) is 8. The third-order valence-electron chi connectivity index (χ3n) is 4.34. The van der Waals surface area contributed by atoms with Crippen molar-refractivity contribution >= 4 is 32.7 Å². The van der Waals surface area contributed by atoms with E-state index in [-0.39, 0.29) is 80.0 Å². The molecule has 10 nitrogen and oxygen atoms in total. The zero-order chi connectivity index (χ0) is 23.8. The van der Waals surface area contributed by atoms with Gasteiger partial charge in [0.15, 0.2) is 0 Å². The summed E-state index contributed by atoms with van der Waals surface area (Å²) in [6, 6.07) is 6.30. The fourth-order valence-corrected chi connectivity index (χ4v) is 3.69. The van der Waals surface area contributed by atoms with E-state index in [1.807, 2.05) is 0 Å². The second kappa shape index (κ2) is 15.3. The van der Waals surface area contributed by atoms with Gasteiger partial charge in [-0.2, -0.15) is 16.8 Å². The fourth-order valence-electron chi connectivity index (χ4n) is 2.66. The molecule has 0 aliphatic carbocycles. The summed E-state index contributed by atoms with van der Waals surface area (Å²) in [6.07, 6.45) is 5.67. The maximum Gasteiger partial charge on any atom is 1.00 e. The van der Waals surface area contributed by atoms with Gasteiger partial charge in [0.1, 0.15) is 0 Å². The molecule has 2 aromatic carbocycles. The van der Waals surface area contributed by atoms with Gasteiger partial charge < -0.3 is 10.2 Å². The molecule has 2 N–H and O–H groups in total. The summed E-state index contributed by atoms with van der Waals surface area (Å²) in [5.41, 5.74) is 0.149. The minimum absolute atomic E-state index is 0. The number of rotatable bonds is 11. The Morgan fingerprint density at radius 1 is 0.676 bits per heavy atom. The van der Waals surface area contributed by atoms with Crippen molar-refractivity contribution in [3.63, 3.8) is 0 Å². The molecule has 0 saturated heterocycles. The summed E-state index contributed by atoms with van der Waals surface area (Å²) < 4.78 is 62.5. The first-order chi connectivity index (χ1) is 15.0. The first-order valence-corrected chi connectivity index (χ1v) is 12.4. The molecular weight excluding hydrogens is 506 g/mol. The predicted molar refractivity (Wildman–Crippen MR) is 115 cm³/mol. The van der Waals surface area contributed by atoms with E-state index in [1.165, 1.54) is 12.4 Å². The molecule has 0 aliphatic rings. The number of unbranched alkanes of at least 4 members (excludes halogenated alkanes) is 3. The second-order valence-electron chi connectivity index (χ2n) is 6.83. The Bertz CT molecular complexity index is 1120. The zero-order valence-corrected chi connectivity index (χ0v) is 24.5. The maximum atomic E-state index is 11.7. The van der Waals surface area contributed by atoms with Gasteiger partial charge >= 0.3 is 59.1 Å². The van der Waals surface area contributed by atoms with Crippen molar-refractivity contribution < 1.29 is 95.3 Å². The van der Waals surface area contributed by atoms with Gasteiger partial charge in [-0.1, -0.05) is 36.5 Å². The Morgan fingerprint density at radius 3 is 1.35 bits per heavy atom. The van der Waals surface area contributed by atoms with Crippen LogP contribution in [0.4, 0.5) is 0 Å². The molecule has 0 aromatic heterocycles. The Hall–Kier alpha value is -0.800. The first-order valence-electron chi connectivity index (χ1n) is 9.55. The average Bonchev–Trinajstić information content (AvgIpc) is 2.70. The Balaban J connectivity index is 0.00000544. The van der Waals surface area contributed by atoms with E-state index >= 15 is 0 Å². The molecule has 14 heteroatoms. The minimum atomic E-state index is -4.39. The van der Waals surface area contributed by atoms with Gasteiger partial charge in [-0.25, -0.2) is 0 Å². The van der Waals surface area contributed by atoms with E-state index in [9.17, 15) is 27.0 Å². The van der Waals surface area contributed by atoms with Gasteiger partial charge in [0, 0.05) is 25.5 Å². The summed E-state index contributed by atoms with van der Waals surface area (Å²) in [5.74, 6) is -0.801. The molecule has 0 spiro atoms. The van der Waals surface area contributed by atoms with Crippen molar-refractivity contribution in [1.29, 1.82) is 0 Å². The third kappa shape index (κ3) is 11.3. The van der Waals surface area contributed by atoms with E-state index in [2.05, 4.69) is 9.98 Å². The smallest absolute Gasteiger partial charge is 0.872 e. The van der Waals surface area contributed by atoms with Crippen molar-refractivity contribution in [3.8, 4) is 11.5 Å². The van der Waals surface area contributed by atoms with Gasteiger partial charge in [0.2, 0.25) is 0 Å².